The van der Waals surface area contributed by atoms with Crippen LogP contribution in [0.3, 0.4) is 0 Å². The maximum atomic E-state index is 14.3. The highest BCUT2D eigenvalue weighted by molar-refractivity contribution is 5.88. The lowest BCUT2D eigenvalue weighted by molar-refractivity contribution is -0.137. The Morgan fingerprint density at radius 2 is 1.84 bits per heavy atom. The molecule has 32 heavy (non-hydrogen) atoms. The van der Waals surface area contributed by atoms with Crippen molar-refractivity contribution >= 4 is 11.7 Å². The molecule has 0 bridgehead atoms. The molecular weight excluding hydrogens is 423 g/mol. The third-order valence-corrected chi connectivity index (χ3v) is 5.82. The van der Waals surface area contributed by atoms with Crippen molar-refractivity contribution in [1.82, 2.24) is 9.55 Å². The molecule has 1 aromatic carbocycles. The predicted molar refractivity (Wildman–Crippen MR) is 115 cm³/mol. The number of aliphatic hydroxyl groups excluding tert-OH is 1. The van der Waals surface area contributed by atoms with Gasteiger partial charge in [-0.25, -0.2) is 9.78 Å². The smallest absolute Gasteiger partial charge is 0.418 e. The molecule has 0 radical (unpaired) electrons. The lowest BCUT2D eigenvalue weighted by Gasteiger charge is -2.34. The third-order valence-electron chi connectivity index (χ3n) is 5.82. The number of anilines is 1. The summed E-state index contributed by atoms with van der Waals surface area (Å²) in [4.78, 5) is 18.3. The van der Waals surface area contributed by atoms with E-state index in [1.807, 2.05) is 20.8 Å². The maximum absolute atomic E-state index is 14.3. The maximum Gasteiger partial charge on any atom is 0.418 e. The first-order valence-corrected chi connectivity index (χ1v) is 10.6. The number of nitrogens with zero attached hydrogens (tertiary/aromatic N) is 3. The molecule has 2 heterocycles. The van der Waals surface area contributed by atoms with E-state index in [9.17, 15) is 23.1 Å². The number of methoxy groups -OCH3 is 1. The van der Waals surface area contributed by atoms with Gasteiger partial charge < -0.3 is 19.3 Å². The number of piperidine rings is 1. The van der Waals surface area contributed by atoms with E-state index in [1.165, 1.54) is 19.2 Å². The monoisotopic (exact) mass is 453 g/mol. The number of hydrogen-bond acceptors (Lipinski definition) is 5. The van der Waals surface area contributed by atoms with E-state index < -0.39 is 29.2 Å². The van der Waals surface area contributed by atoms with Crippen molar-refractivity contribution in [2.24, 2.45) is 0 Å². The number of imidazole rings is 1. The van der Waals surface area contributed by atoms with Gasteiger partial charge in [0.1, 0.15) is 5.82 Å². The highest BCUT2D eigenvalue weighted by Gasteiger charge is 2.39. The number of ether oxygens (including phenoxy) is 1. The Labute approximate surface area is 186 Å². The van der Waals surface area contributed by atoms with Crippen molar-refractivity contribution in [3.8, 4) is 0 Å². The largest absolute Gasteiger partial charge is 0.464 e. The summed E-state index contributed by atoms with van der Waals surface area (Å²) < 4.78 is 49.4. The molecule has 1 aliphatic rings. The lowest BCUT2D eigenvalue weighted by atomic mass is 9.95. The number of hydrogen-bond donors (Lipinski definition) is 1. The van der Waals surface area contributed by atoms with Crippen molar-refractivity contribution in [3.63, 3.8) is 0 Å². The Kier molecular flexibility index (Phi) is 6.60. The second-order valence-electron chi connectivity index (χ2n) is 9.22. The zero-order valence-electron chi connectivity index (χ0n) is 19.1. The van der Waals surface area contributed by atoms with E-state index in [1.54, 1.807) is 22.5 Å². The molecule has 1 saturated heterocycles. The Morgan fingerprint density at radius 3 is 2.38 bits per heavy atom. The van der Waals surface area contributed by atoms with Crippen LogP contribution in [0.5, 0.6) is 0 Å². The Hall–Kier alpha value is -2.55. The molecule has 0 atom stereocenters. The average molecular weight is 454 g/mol. The minimum atomic E-state index is -4.57. The van der Waals surface area contributed by atoms with Crippen LogP contribution in [-0.4, -0.2) is 46.9 Å². The molecule has 0 spiro atoms. The van der Waals surface area contributed by atoms with Crippen molar-refractivity contribution in [2.45, 2.75) is 64.8 Å². The van der Waals surface area contributed by atoms with Crippen molar-refractivity contribution in [2.75, 3.05) is 25.1 Å². The molecule has 0 saturated carbocycles. The quantitative estimate of drug-likeness (QED) is 0.699. The average Bonchev–Trinajstić information content (AvgIpc) is 3.03. The minimum Gasteiger partial charge on any atom is -0.464 e. The highest BCUT2D eigenvalue weighted by atomic mass is 19.4. The van der Waals surface area contributed by atoms with Gasteiger partial charge in [0.05, 0.1) is 18.8 Å². The van der Waals surface area contributed by atoms with Gasteiger partial charge in [0.25, 0.3) is 0 Å². The molecule has 3 rings (SSSR count). The summed E-state index contributed by atoms with van der Waals surface area (Å²) >= 11 is 0. The summed E-state index contributed by atoms with van der Waals surface area (Å²) in [6.45, 7) is 7.99. The SMILES string of the molecule is COC(=O)c1nc(C(C)(C)C)n(Cc2cccc(N3CCC(O)CC3)c2C(F)(F)F)c1C. The molecule has 176 valence electrons. The van der Waals surface area contributed by atoms with Gasteiger partial charge in [-0.15, -0.1) is 0 Å². The first kappa shape index (κ1) is 24.1. The lowest BCUT2D eigenvalue weighted by Crippen LogP contribution is -2.37. The number of aliphatic hydroxyl groups is 1. The summed E-state index contributed by atoms with van der Waals surface area (Å²) in [6.07, 6.45) is -4.19. The molecule has 2 aromatic rings. The molecule has 1 aromatic heterocycles. The number of halogens is 3. The molecule has 0 aliphatic carbocycles. The number of alkyl halides is 3. The van der Waals surface area contributed by atoms with Gasteiger partial charge in [-0.1, -0.05) is 32.9 Å². The standard InChI is InChI=1S/C23H30F3N3O3/c1-14-19(20(31)32-5)27-21(22(2,3)4)29(14)13-15-7-6-8-17(18(15)23(24,25)26)28-11-9-16(30)10-12-28/h6-8,16,30H,9-13H2,1-5H3. The zero-order chi connectivity index (χ0) is 23.8. The van der Waals surface area contributed by atoms with E-state index in [0.29, 0.717) is 37.4 Å². The molecule has 1 aliphatic heterocycles. The Balaban J connectivity index is 2.13. The number of rotatable bonds is 4. The van der Waals surface area contributed by atoms with Gasteiger partial charge in [-0.2, -0.15) is 13.2 Å². The van der Waals surface area contributed by atoms with Crippen LogP contribution in [0.1, 0.15) is 66.7 Å². The van der Waals surface area contributed by atoms with Crippen LogP contribution in [0, 0.1) is 6.92 Å². The van der Waals surface area contributed by atoms with Crippen LogP contribution in [0.4, 0.5) is 18.9 Å². The van der Waals surface area contributed by atoms with Gasteiger partial charge in [0, 0.05) is 36.4 Å². The number of aromatic nitrogens is 2. The molecule has 0 unspecified atom stereocenters. The van der Waals surface area contributed by atoms with E-state index >= 15 is 0 Å². The van der Waals surface area contributed by atoms with Crippen LogP contribution in [-0.2, 0) is 22.9 Å². The minimum absolute atomic E-state index is 0.0818. The van der Waals surface area contributed by atoms with Crippen molar-refractivity contribution < 1.29 is 27.8 Å². The topological polar surface area (TPSA) is 67.6 Å². The number of benzene rings is 1. The number of esters is 1. The first-order chi connectivity index (χ1) is 14.8. The van der Waals surface area contributed by atoms with Gasteiger partial charge in [0.15, 0.2) is 5.69 Å². The predicted octanol–water partition coefficient (Wildman–Crippen LogP) is 4.30. The fourth-order valence-electron chi connectivity index (χ4n) is 4.18. The van der Waals surface area contributed by atoms with Gasteiger partial charge >= 0.3 is 12.1 Å². The first-order valence-electron chi connectivity index (χ1n) is 10.6. The third kappa shape index (κ3) is 4.77. The summed E-state index contributed by atoms with van der Waals surface area (Å²) in [5, 5.41) is 9.76. The van der Waals surface area contributed by atoms with Crippen LogP contribution in [0.25, 0.3) is 0 Å². The number of carbonyl (C=O) groups is 1. The van der Waals surface area contributed by atoms with E-state index in [4.69, 9.17) is 4.74 Å². The van der Waals surface area contributed by atoms with Crippen LogP contribution in [0.15, 0.2) is 18.2 Å². The second-order valence-corrected chi connectivity index (χ2v) is 9.22. The van der Waals surface area contributed by atoms with E-state index in [2.05, 4.69) is 4.98 Å². The van der Waals surface area contributed by atoms with Gasteiger partial charge in [-0.3, -0.25) is 0 Å². The van der Waals surface area contributed by atoms with Crippen LogP contribution >= 0.6 is 0 Å². The fourth-order valence-corrected chi connectivity index (χ4v) is 4.18. The van der Waals surface area contributed by atoms with E-state index in [0.717, 1.165) is 0 Å². The fraction of sp³-hybridized carbons (Fsp3) is 0.565. The van der Waals surface area contributed by atoms with Crippen molar-refractivity contribution in [3.05, 3.63) is 46.5 Å². The Morgan fingerprint density at radius 1 is 1.22 bits per heavy atom. The second kappa shape index (κ2) is 8.77. The van der Waals surface area contributed by atoms with Gasteiger partial charge in [0.2, 0.25) is 0 Å². The van der Waals surface area contributed by atoms with Gasteiger partial charge in [-0.05, 0) is 31.4 Å². The van der Waals surface area contributed by atoms with E-state index in [-0.39, 0.29) is 23.5 Å². The summed E-state index contributed by atoms with van der Waals surface area (Å²) in [7, 11) is 1.25. The van der Waals surface area contributed by atoms with Crippen molar-refractivity contribution in [1.29, 1.82) is 0 Å². The molecule has 9 heteroatoms. The van der Waals surface area contributed by atoms with Crippen LogP contribution in [0.2, 0.25) is 0 Å². The normalized spacial score (nSPS) is 15.8. The highest BCUT2D eigenvalue weighted by Crippen LogP contribution is 2.41. The molecule has 1 fully saturated rings. The summed E-state index contributed by atoms with van der Waals surface area (Å²) in [5.74, 6) is -0.113. The zero-order valence-corrected chi connectivity index (χ0v) is 19.1. The molecule has 1 N–H and O–H groups in total. The molecule has 0 amide bonds. The summed E-state index contributed by atoms with van der Waals surface area (Å²) in [5.41, 5.74) is -0.415. The summed E-state index contributed by atoms with van der Waals surface area (Å²) in [6, 6.07) is 4.57. The Bertz CT molecular complexity index is 985. The number of carbonyl (C=O) groups excluding carboxylic acids is 1. The van der Waals surface area contributed by atoms with Crippen LogP contribution < -0.4 is 4.90 Å². The molecular formula is C23H30F3N3O3. The molecule has 6 nitrogen and oxygen atoms in total.